The molecule has 0 unspecified atom stereocenters. The maximum atomic E-state index is 5.66. The molecular weight excluding hydrogens is 236 g/mol. The van der Waals surface area contributed by atoms with Gasteiger partial charge < -0.3 is 10.2 Å². The van der Waals surface area contributed by atoms with Crippen LogP contribution in [0, 0.1) is 0 Å². The van der Waals surface area contributed by atoms with E-state index in [2.05, 4.69) is 35.2 Å². The number of furan rings is 1. The van der Waals surface area contributed by atoms with Crippen molar-refractivity contribution >= 4 is 0 Å². The van der Waals surface area contributed by atoms with Crippen LogP contribution in [0.3, 0.4) is 0 Å². The molecule has 0 radical (unpaired) electrons. The van der Waals surface area contributed by atoms with Crippen LogP contribution in [0.25, 0.3) is 0 Å². The predicted molar refractivity (Wildman–Crippen MR) is 75.7 cm³/mol. The van der Waals surface area contributed by atoms with Gasteiger partial charge in [-0.15, -0.1) is 0 Å². The average Bonchev–Trinajstić information content (AvgIpc) is 2.83. The number of hydrogen-bond donors (Lipinski definition) is 1. The molecule has 0 atom stereocenters. The molecule has 0 spiro atoms. The summed E-state index contributed by atoms with van der Waals surface area (Å²) in [4.78, 5) is 2.48. The maximum Gasteiger partial charge on any atom is 0.109 e. The van der Waals surface area contributed by atoms with Crippen LogP contribution in [-0.2, 0) is 25.9 Å². The molecular formula is C16H20N2O. The summed E-state index contributed by atoms with van der Waals surface area (Å²) in [5.74, 6) is 1.16. The van der Waals surface area contributed by atoms with Gasteiger partial charge in [-0.3, -0.25) is 4.90 Å². The largest absolute Gasteiger partial charge is 0.469 e. The first kappa shape index (κ1) is 12.5. The van der Waals surface area contributed by atoms with Crippen molar-refractivity contribution in [1.82, 2.24) is 4.90 Å². The first-order valence-corrected chi connectivity index (χ1v) is 6.91. The summed E-state index contributed by atoms with van der Waals surface area (Å²) < 4.78 is 5.66. The normalized spacial score (nSPS) is 15.4. The van der Waals surface area contributed by atoms with Crippen LogP contribution in [0.4, 0.5) is 0 Å². The van der Waals surface area contributed by atoms with Crippen molar-refractivity contribution in [2.45, 2.75) is 25.9 Å². The molecule has 0 aliphatic carbocycles. The van der Waals surface area contributed by atoms with E-state index in [1.54, 1.807) is 0 Å². The van der Waals surface area contributed by atoms with Crippen molar-refractivity contribution < 1.29 is 4.42 Å². The Morgan fingerprint density at radius 1 is 1.21 bits per heavy atom. The third kappa shape index (κ3) is 2.72. The van der Waals surface area contributed by atoms with Crippen molar-refractivity contribution in [3.8, 4) is 0 Å². The van der Waals surface area contributed by atoms with Crippen LogP contribution in [-0.4, -0.2) is 18.0 Å². The lowest BCUT2D eigenvalue weighted by molar-refractivity contribution is 0.233. The summed E-state index contributed by atoms with van der Waals surface area (Å²) in [6.45, 7) is 3.74. The molecule has 0 amide bonds. The first-order valence-electron chi connectivity index (χ1n) is 6.91. The Morgan fingerprint density at radius 3 is 2.84 bits per heavy atom. The monoisotopic (exact) mass is 256 g/mol. The number of fused-ring (bicyclic) bond motifs is 1. The molecule has 0 fully saturated rings. The Bertz CT molecular complexity index is 533. The van der Waals surface area contributed by atoms with Gasteiger partial charge in [-0.2, -0.15) is 0 Å². The zero-order valence-electron chi connectivity index (χ0n) is 11.1. The van der Waals surface area contributed by atoms with E-state index in [1.165, 1.54) is 16.7 Å². The fourth-order valence-electron chi connectivity index (χ4n) is 2.77. The van der Waals surface area contributed by atoms with Gasteiger partial charge in [0.2, 0.25) is 0 Å². The van der Waals surface area contributed by atoms with Crippen LogP contribution >= 0.6 is 0 Å². The van der Waals surface area contributed by atoms with Gasteiger partial charge in [0.15, 0.2) is 0 Å². The minimum Gasteiger partial charge on any atom is -0.469 e. The lowest BCUT2D eigenvalue weighted by atomic mass is 10.0. The SMILES string of the molecule is NCCc1coc2c1CN(Cc1ccccc1)CC2. The van der Waals surface area contributed by atoms with Gasteiger partial charge in [-0.05, 0) is 24.1 Å². The number of nitrogens with zero attached hydrogens (tertiary/aromatic N) is 1. The Balaban J connectivity index is 1.72. The van der Waals surface area contributed by atoms with Gasteiger partial charge >= 0.3 is 0 Å². The lowest BCUT2D eigenvalue weighted by Crippen LogP contribution is -2.30. The molecule has 1 aliphatic rings. The standard InChI is InChI=1S/C16H20N2O/c17-8-6-14-12-19-16-7-9-18(11-15(14)16)10-13-4-2-1-3-5-13/h1-5,12H,6-11,17H2. The molecule has 3 nitrogen and oxygen atoms in total. The zero-order chi connectivity index (χ0) is 13.1. The van der Waals surface area contributed by atoms with Crippen LogP contribution < -0.4 is 5.73 Å². The summed E-state index contributed by atoms with van der Waals surface area (Å²) in [5, 5.41) is 0. The van der Waals surface area contributed by atoms with Crippen LogP contribution in [0.2, 0.25) is 0 Å². The predicted octanol–water partition coefficient (Wildman–Crippen LogP) is 2.34. The first-order chi connectivity index (χ1) is 9.36. The maximum absolute atomic E-state index is 5.66. The molecule has 1 aliphatic heterocycles. The Hall–Kier alpha value is -1.58. The second-order valence-corrected chi connectivity index (χ2v) is 5.15. The van der Waals surface area contributed by atoms with E-state index in [0.717, 1.165) is 38.2 Å². The summed E-state index contributed by atoms with van der Waals surface area (Å²) in [6, 6.07) is 10.6. The van der Waals surface area contributed by atoms with Crippen molar-refractivity contribution in [1.29, 1.82) is 0 Å². The van der Waals surface area contributed by atoms with Gasteiger partial charge in [0.1, 0.15) is 5.76 Å². The third-order valence-corrected chi connectivity index (χ3v) is 3.77. The molecule has 2 aromatic rings. The smallest absolute Gasteiger partial charge is 0.109 e. The Kier molecular flexibility index (Phi) is 3.67. The topological polar surface area (TPSA) is 42.4 Å². The van der Waals surface area contributed by atoms with Gasteiger partial charge in [0.25, 0.3) is 0 Å². The molecule has 3 heteroatoms. The molecule has 2 N–H and O–H groups in total. The quantitative estimate of drug-likeness (QED) is 0.913. The fraction of sp³-hybridized carbons (Fsp3) is 0.375. The van der Waals surface area contributed by atoms with Gasteiger partial charge in [0.05, 0.1) is 6.26 Å². The lowest BCUT2D eigenvalue weighted by Gasteiger charge is -2.26. The summed E-state index contributed by atoms with van der Waals surface area (Å²) >= 11 is 0. The van der Waals surface area contributed by atoms with Crippen molar-refractivity contribution in [3.05, 3.63) is 59.0 Å². The average molecular weight is 256 g/mol. The number of nitrogens with two attached hydrogens (primary N) is 1. The third-order valence-electron chi connectivity index (χ3n) is 3.77. The highest BCUT2D eigenvalue weighted by Gasteiger charge is 2.22. The van der Waals surface area contributed by atoms with Gasteiger partial charge in [-0.1, -0.05) is 30.3 Å². The second kappa shape index (κ2) is 5.59. The molecule has 19 heavy (non-hydrogen) atoms. The highest BCUT2D eigenvalue weighted by molar-refractivity contribution is 5.30. The highest BCUT2D eigenvalue weighted by atomic mass is 16.3. The Labute approximate surface area is 114 Å². The molecule has 1 aromatic carbocycles. The van der Waals surface area contributed by atoms with Crippen molar-refractivity contribution in [2.75, 3.05) is 13.1 Å². The molecule has 0 bridgehead atoms. The summed E-state index contributed by atoms with van der Waals surface area (Å²) in [7, 11) is 0. The summed E-state index contributed by atoms with van der Waals surface area (Å²) in [5.41, 5.74) is 9.68. The molecule has 1 aromatic heterocycles. The van der Waals surface area contributed by atoms with Crippen LogP contribution in [0.1, 0.15) is 22.5 Å². The fourth-order valence-corrected chi connectivity index (χ4v) is 2.77. The molecule has 0 saturated heterocycles. The molecule has 3 rings (SSSR count). The van der Waals surface area contributed by atoms with Crippen LogP contribution in [0.5, 0.6) is 0 Å². The van der Waals surface area contributed by atoms with Crippen molar-refractivity contribution in [2.24, 2.45) is 5.73 Å². The molecule has 2 heterocycles. The van der Waals surface area contributed by atoms with E-state index in [9.17, 15) is 0 Å². The van der Waals surface area contributed by atoms with E-state index in [1.807, 2.05) is 6.26 Å². The molecule has 100 valence electrons. The number of hydrogen-bond acceptors (Lipinski definition) is 3. The number of benzene rings is 1. The second-order valence-electron chi connectivity index (χ2n) is 5.15. The van der Waals surface area contributed by atoms with Crippen molar-refractivity contribution in [3.63, 3.8) is 0 Å². The van der Waals surface area contributed by atoms with E-state index >= 15 is 0 Å². The Morgan fingerprint density at radius 2 is 2.05 bits per heavy atom. The molecule has 0 saturated carbocycles. The minimum absolute atomic E-state index is 0.685. The van der Waals surface area contributed by atoms with Gasteiger partial charge in [0, 0.05) is 31.6 Å². The minimum atomic E-state index is 0.685. The van der Waals surface area contributed by atoms with Crippen LogP contribution in [0.15, 0.2) is 41.0 Å². The van der Waals surface area contributed by atoms with E-state index in [4.69, 9.17) is 10.2 Å². The van der Waals surface area contributed by atoms with E-state index < -0.39 is 0 Å². The summed E-state index contributed by atoms with van der Waals surface area (Å²) in [6.07, 6.45) is 3.81. The number of rotatable bonds is 4. The van der Waals surface area contributed by atoms with E-state index in [-0.39, 0.29) is 0 Å². The highest BCUT2D eigenvalue weighted by Crippen LogP contribution is 2.25. The zero-order valence-corrected chi connectivity index (χ0v) is 11.1. The van der Waals surface area contributed by atoms with Gasteiger partial charge in [-0.25, -0.2) is 0 Å². The van der Waals surface area contributed by atoms with E-state index in [0.29, 0.717) is 6.54 Å².